The van der Waals surface area contributed by atoms with Crippen LogP contribution in [0, 0.1) is 0 Å². The van der Waals surface area contributed by atoms with Crippen molar-refractivity contribution in [3.05, 3.63) is 40.7 Å². The van der Waals surface area contributed by atoms with Crippen molar-refractivity contribution in [1.82, 2.24) is 4.98 Å². The lowest BCUT2D eigenvalue weighted by Gasteiger charge is -1.94. The third kappa shape index (κ3) is 2.83. The Hall–Kier alpha value is -0.800. The highest BCUT2D eigenvalue weighted by Gasteiger charge is 2.03. The number of hydrogen-bond acceptors (Lipinski definition) is 3. The number of benzene rings is 1. The van der Waals surface area contributed by atoms with Gasteiger partial charge in [-0.3, -0.25) is 0 Å². The largest absolute Gasteiger partial charge is 0.240 e. The molecule has 0 saturated carbocycles. The van der Waals surface area contributed by atoms with Crippen LogP contribution in [0.5, 0.6) is 0 Å². The molecule has 0 unspecified atom stereocenters. The standard InChI is InChI=1S/C12H13NS2/c1-2-14-9-12-13-11(8-15-12)10-6-4-3-5-7-10/h3-8H,2,9H2,1H3. The molecule has 0 aliphatic heterocycles. The second-order valence-corrected chi connectivity index (χ2v) is 5.35. The van der Waals surface area contributed by atoms with E-state index >= 15 is 0 Å². The van der Waals surface area contributed by atoms with Gasteiger partial charge in [0, 0.05) is 16.7 Å². The van der Waals surface area contributed by atoms with Crippen LogP contribution in [-0.4, -0.2) is 10.7 Å². The molecular weight excluding hydrogens is 222 g/mol. The van der Waals surface area contributed by atoms with Gasteiger partial charge in [0.25, 0.3) is 0 Å². The minimum Gasteiger partial charge on any atom is -0.240 e. The Morgan fingerprint density at radius 3 is 2.80 bits per heavy atom. The lowest BCUT2D eigenvalue weighted by atomic mass is 10.2. The van der Waals surface area contributed by atoms with Gasteiger partial charge in [0.1, 0.15) is 5.01 Å². The molecule has 1 aromatic carbocycles. The average Bonchev–Trinajstić information content (AvgIpc) is 2.76. The predicted molar refractivity (Wildman–Crippen MR) is 69.4 cm³/mol. The molecule has 0 spiro atoms. The Balaban J connectivity index is 2.14. The predicted octanol–water partition coefficient (Wildman–Crippen LogP) is 4.06. The molecule has 3 heteroatoms. The zero-order valence-electron chi connectivity index (χ0n) is 8.64. The monoisotopic (exact) mass is 235 g/mol. The van der Waals surface area contributed by atoms with Crippen LogP contribution in [0.15, 0.2) is 35.7 Å². The molecule has 0 bridgehead atoms. The molecule has 0 amide bonds. The van der Waals surface area contributed by atoms with Crippen LogP contribution >= 0.6 is 23.1 Å². The maximum Gasteiger partial charge on any atom is 0.103 e. The van der Waals surface area contributed by atoms with Gasteiger partial charge in [0.05, 0.1) is 5.69 Å². The van der Waals surface area contributed by atoms with Crippen molar-refractivity contribution in [2.75, 3.05) is 5.75 Å². The van der Waals surface area contributed by atoms with Crippen LogP contribution in [0.25, 0.3) is 11.3 Å². The molecular formula is C12H13NS2. The first-order valence-corrected chi connectivity index (χ1v) is 7.01. The van der Waals surface area contributed by atoms with Crippen LogP contribution in [0.1, 0.15) is 11.9 Å². The van der Waals surface area contributed by atoms with E-state index in [4.69, 9.17) is 0 Å². The third-order valence-electron chi connectivity index (χ3n) is 2.05. The fourth-order valence-corrected chi connectivity index (χ4v) is 2.86. The maximum absolute atomic E-state index is 4.62. The summed E-state index contributed by atoms with van der Waals surface area (Å²) in [5.41, 5.74) is 2.31. The smallest absolute Gasteiger partial charge is 0.103 e. The van der Waals surface area contributed by atoms with Crippen LogP contribution in [0.4, 0.5) is 0 Å². The summed E-state index contributed by atoms with van der Waals surface area (Å²) in [6, 6.07) is 10.3. The Labute approximate surface area is 98.6 Å². The number of thioether (sulfide) groups is 1. The van der Waals surface area contributed by atoms with Gasteiger partial charge in [0.15, 0.2) is 0 Å². The van der Waals surface area contributed by atoms with Gasteiger partial charge in [-0.1, -0.05) is 37.3 Å². The van der Waals surface area contributed by atoms with Crippen molar-refractivity contribution >= 4 is 23.1 Å². The molecule has 1 nitrogen and oxygen atoms in total. The number of hydrogen-bond donors (Lipinski definition) is 0. The molecule has 0 radical (unpaired) electrons. The summed E-state index contributed by atoms with van der Waals surface area (Å²) in [4.78, 5) is 4.62. The molecule has 0 aliphatic rings. The van der Waals surface area contributed by atoms with E-state index in [1.807, 2.05) is 17.8 Å². The zero-order chi connectivity index (χ0) is 10.5. The summed E-state index contributed by atoms with van der Waals surface area (Å²) in [7, 11) is 0. The summed E-state index contributed by atoms with van der Waals surface area (Å²) in [5.74, 6) is 2.19. The number of nitrogens with zero attached hydrogens (tertiary/aromatic N) is 1. The average molecular weight is 235 g/mol. The van der Waals surface area contributed by atoms with Crippen LogP contribution in [0.3, 0.4) is 0 Å². The Bertz CT molecular complexity index is 409. The Kier molecular flexibility index (Phi) is 3.80. The van der Waals surface area contributed by atoms with Gasteiger partial charge in [-0.05, 0) is 5.75 Å². The van der Waals surface area contributed by atoms with Crippen LogP contribution in [0.2, 0.25) is 0 Å². The molecule has 0 N–H and O–H groups in total. The van der Waals surface area contributed by atoms with Crippen molar-refractivity contribution in [3.63, 3.8) is 0 Å². The Morgan fingerprint density at radius 2 is 2.07 bits per heavy atom. The van der Waals surface area contributed by atoms with Gasteiger partial charge >= 0.3 is 0 Å². The molecule has 0 aliphatic carbocycles. The first-order chi connectivity index (χ1) is 7.40. The van der Waals surface area contributed by atoms with Gasteiger partial charge in [0.2, 0.25) is 0 Å². The minimum absolute atomic E-state index is 1.04. The fraction of sp³-hybridized carbons (Fsp3) is 0.250. The SMILES string of the molecule is CCSCc1nc(-c2ccccc2)cs1. The van der Waals surface area contributed by atoms with E-state index in [1.165, 1.54) is 10.6 Å². The molecule has 0 fully saturated rings. The molecule has 15 heavy (non-hydrogen) atoms. The third-order valence-corrected chi connectivity index (χ3v) is 3.97. The van der Waals surface area contributed by atoms with E-state index in [1.54, 1.807) is 11.3 Å². The van der Waals surface area contributed by atoms with Gasteiger partial charge < -0.3 is 0 Å². The van der Waals surface area contributed by atoms with Gasteiger partial charge in [-0.15, -0.1) is 11.3 Å². The molecule has 2 aromatic rings. The topological polar surface area (TPSA) is 12.9 Å². The normalized spacial score (nSPS) is 10.5. The van der Waals surface area contributed by atoms with E-state index in [0.717, 1.165) is 17.2 Å². The van der Waals surface area contributed by atoms with E-state index in [2.05, 4.69) is 41.6 Å². The first kappa shape index (κ1) is 10.7. The lowest BCUT2D eigenvalue weighted by molar-refractivity contribution is 1.27. The highest BCUT2D eigenvalue weighted by molar-refractivity contribution is 7.98. The summed E-state index contributed by atoms with van der Waals surface area (Å²) in [5, 5.41) is 3.36. The van der Waals surface area contributed by atoms with Crippen molar-refractivity contribution < 1.29 is 0 Å². The number of rotatable bonds is 4. The second-order valence-electron chi connectivity index (χ2n) is 3.13. The van der Waals surface area contributed by atoms with Crippen LogP contribution in [-0.2, 0) is 5.75 Å². The van der Waals surface area contributed by atoms with E-state index in [0.29, 0.717) is 0 Å². The maximum atomic E-state index is 4.62. The number of aromatic nitrogens is 1. The molecule has 0 saturated heterocycles. The van der Waals surface area contributed by atoms with Gasteiger partial charge in [-0.25, -0.2) is 4.98 Å². The minimum atomic E-state index is 1.04. The fourth-order valence-electron chi connectivity index (χ4n) is 1.31. The highest BCUT2D eigenvalue weighted by Crippen LogP contribution is 2.23. The summed E-state index contributed by atoms with van der Waals surface area (Å²) in [6.07, 6.45) is 0. The van der Waals surface area contributed by atoms with E-state index < -0.39 is 0 Å². The molecule has 2 rings (SSSR count). The first-order valence-electron chi connectivity index (χ1n) is 4.97. The Morgan fingerprint density at radius 1 is 1.27 bits per heavy atom. The quantitative estimate of drug-likeness (QED) is 0.792. The second kappa shape index (κ2) is 5.33. The van der Waals surface area contributed by atoms with E-state index in [-0.39, 0.29) is 0 Å². The zero-order valence-corrected chi connectivity index (χ0v) is 10.3. The number of thiazole rings is 1. The van der Waals surface area contributed by atoms with Crippen LogP contribution < -0.4 is 0 Å². The summed E-state index contributed by atoms with van der Waals surface area (Å²) >= 11 is 3.67. The van der Waals surface area contributed by atoms with Crippen molar-refractivity contribution in [2.45, 2.75) is 12.7 Å². The van der Waals surface area contributed by atoms with Crippen molar-refractivity contribution in [1.29, 1.82) is 0 Å². The lowest BCUT2D eigenvalue weighted by Crippen LogP contribution is -1.81. The van der Waals surface area contributed by atoms with Crippen molar-refractivity contribution in [3.8, 4) is 11.3 Å². The molecule has 78 valence electrons. The summed E-state index contributed by atoms with van der Waals surface area (Å²) in [6.45, 7) is 2.18. The molecule has 1 heterocycles. The van der Waals surface area contributed by atoms with Gasteiger partial charge in [-0.2, -0.15) is 11.8 Å². The molecule has 0 atom stereocenters. The van der Waals surface area contributed by atoms with E-state index in [9.17, 15) is 0 Å². The summed E-state index contributed by atoms with van der Waals surface area (Å²) < 4.78 is 0. The molecule has 1 aromatic heterocycles. The highest BCUT2D eigenvalue weighted by atomic mass is 32.2. The van der Waals surface area contributed by atoms with Crippen molar-refractivity contribution in [2.24, 2.45) is 0 Å².